The number of nitrogens with zero attached hydrogens (tertiary/aromatic N) is 3. The van der Waals surface area contributed by atoms with Crippen LogP contribution in [0.3, 0.4) is 0 Å². The number of anilines is 1. The smallest absolute Gasteiger partial charge is 0.246 e. The lowest BCUT2D eigenvalue weighted by Crippen LogP contribution is -2.51. The zero-order valence-electron chi connectivity index (χ0n) is 15.7. The summed E-state index contributed by atoms with van der Waals surface area (Å²) in [5, 5.41) is 0. The Morgan fingerprint density at radius 2 is 1.69 bits per heavy atom. The van der Waals surface area contributed by atoms with Crippen molar-refractivity contribution in [2.24, 2.45) is 0 Å². The number of hydrogen-bond donors (Lipinski definition) is 0. The van der Waals surface area contributed by atoms with E-state index >= 15 is 0 Å². The monoisotopic (exact) mass is 421 g/mol. The van der Waals surface area contributed by atoms with Crippen LogP contribution in [-0.4, -0.2) is 62.8 Å². The molecule has 2 aromatic carbocycles. The first-order valence-electron chi connectivity index (χ1n) is 9.42. The fourth-order valence-corrected chi connectivity index (χ4v) is 5.31. The minimum Gasteiger partial charge on any atom is -0.311 e. The molecule has 2 aliphatic heterocycles. The number of piperazine rings is 1. The Hall–Kier alpha value is -2.36. The van der Waals surface area contributed by atoms with Gasteiger partial charge in [-0.1, -0.05) is 18.2 Å². The fourth-order valence-electron chi connectivity index (χ4n) is 3.82. The van der Waals surface area contributed by atoms with Crippen LogP contribution in [0.25, 0.3) is 0 Å². The second kappa shape index (κ2) is 7.81. The molecule has 2 aromatic rings. The summed E-state index contributed by atoms with van der Waals surface area (Å²) in [6.07, 6.45) is 0.827. The molecule has 2 heterocycles. The molecule has 0 saturated carbocycles. The van der Waals surface area contributed by atoms with Gasteiger partial charge in [-0.2, -0.15) is 4.31 Å². The van der Waals surface area contributed by atoms with Gasteiger partial charge >= 0.3 is 0 Å². The second-order valence-corrected chi connectivity index (χ2v) is 9.09. The number of rotatable bonds is 4. The summed E-state index contributed by atoms with van der Waals surface area (Å²) >= 11 is 0. The third-order valence-electron chi connectivity index (χ3n) is 5.39. The van der Waals surface area contributed by atoms with E-state index in [2.05, 4.69) is 0 Å². The lowest BCUT2D eigenvalue weighted by Gasteiger charge is -2.34. The number of amides is 1. The lowest BCUT2D eigenvalue weighted by molar-refractivity contribution is -0.119. The highest BCUT2D eigenvalue weighted by Gasteiger charge is 2.32. The Morgan fingerprint density at radius 3 is 2.45 bits per heavy atom. The van der Waals surface area contributed by atoms with Gasteiger partial charge in [-0.05, 0) is 36.2 Å². The molecule has 4 rings (SSSR count). The van der Waals surface area contributed by atoms with Gasteiger partial charge in [0.05, 0.1) is 6.54 Å². The molecule has 0 aliphatic carbocycles. The van der Waals surface area contributed by atoms with E-state index in [1.165, 1.54) is 0 Å². The lowest BCUT2D eigenvalue weighted by atomic mass is 10.2. The second-order valence-electron chi connectivity index (χ2n) is 7.18. The van der Waals surface area contributed by atoms with E-state index in [4.69, 9.17) is 0 Å². The summed E-state index contributed by atoms with van der Waals surface area (Å²) in [5.41, 5.74) is 2.08. The zero-order valence-corrected chi connectivity index (χ0v) is 16.5. The number of hydrogen-bond acceptors (Lipinski definition) is 4. The zero-order chi connectivity index (χ0) is 20.6. The average molecular weight is 421 g/mol. The van der Waals surface area contributed by atoms with Crippen molar-refractivity contribution in [2.75, 3.05) is 44.2 Å². The van der Waals surface area contributed by atoms with Crippen molar-refractivity contribution in [3.63, 3.8) is 0 Å². The number of fused-ring (bicyclic) bond motifs is 1. The van der Waals surface area contributed by atoms with Gasteiger partial charge in [0.25, 0.3) is 0 Å². The van der Waals surface area contributed by atoms with Crippen LogP contribution in [0.2, 0.25) is 0 Å². The molecule has 1 fully saturated rings. The Morgan fingerprint density at radius 1 is 0.966 bits per heavy atom. The molecule has 1 saturated heterocycles. The van der Waals surface area contributed by atoms with Gasteiger partial charge in [0, 0.05) is 38.4 Å². The summed E-state index contributed by atoms with van der Waals surface area (Å²) in [7, 11) is -4.13. The first-order valence-corrected chi connectivity index (χ1v) is 10.9. The molecule has 0 spiro atoms. The van der Waals surface area contributed by atoms with Gasteiger partial charge < -0.3 is 4.90 Å². The summed E-state index contributed by atoms with van der Waals surface area (Å²) in [6, 6.07) is 10.2. The van der Waals surface area contributed by atoms with Gasteiger partial charge in [0.2, 0.25) is 15.9 Å². The third-order valence-corrected chi connectivity index (χ3v) is 7.30. The van der Waals surface area contributed by atoms with Crippen molar-refractivity contribution in [3.05, 3.63) is 59.7 Å². The molecule has 0 unspecified atom stereocenters. The number of sulfonamides is 1. The highest BCUT2D eigenvalue weighted by Crippen LogP contribution is 2.28. The van der Waals surface area contributed by atoms with Gasteiger partial charge in [0.1, 0.15) is 16.5 Å². The quantitative estimate of drug-likeness (QED) is 0.756. The van der Waals surface area contributed by atoms with Gasteiger partial charge in [-0.15, -0.1) is 0 Å². The van der Waals surface area contributed by atoms with E-state index in [-0.39, 0.29) is 25.5 Å². The summed E-state index contributed by atoms with van der Waals surface area (Å²) in [6.45, 7) is 1.75. The average Bonchev–Trinajstić information content (AvgIpc) is 3.14. The minimum absolute atomic E-state index is 0.0255. The van der Waals surface area contributed by atoms with E-state index < -0.39 is 26.6 Å². The molecule has 0 atom stereocenters. The molecule has 0 aromatic heterocycles. The SMILES string of the molecule is O=C(CN1CCN(S(=O)(=O)c2cc(F)ccc2F)CC1)N1CCc2ccccc21. The van der Waals surface area contributed by atoms with Crippen molar-refractivity contribution < 1.29 is 22.0 Å². The van der Waals surface area contributed by atoms with Crippen LogP contribution < -0.4 is 4.90 Å². The van der Waals surface area contributed by atoms with Gasteiger partial charge in [-0.3, -0.25) is 9.69 Å². The van der Waals surface area contributed by atoms with Crippen molar-refractivity contribution in [1.29, 1.82) is 0 Å². The molecule has 6 nitrogen and oxygen atoms in total. The molecular formula is C20H21F2N3O3S. The summed E-state index contributed by atoms with van der Waals surface area (Å²) < 4.78 is 53.8. The number of halogens is 2. The van der Waals surface area contributed by atoms with E-state index in [0.29, 0.717) is 25.7 Å². The molecule has 0 radical (unpaired) electrons. The molecule has 29 heavy (non-hydrogen) atoms. The normalized spacial score (nSPS) is 18.1. The van der Waals surface area contributed by atoms with Crippen LogP contribution in [0.15, 0.2) is 47.4 Å². The first kappa shape index (κ1) is 19.9. The Labute approximate surface area is 168 Å². The van der Waals surface area contributed by atoms with Crippen LogP contribution in [0.5, 0.6) is 0 Å². The maximum absolute atomic E-state index is 13.9. The molecule has 2 aliphatic rings. The molecular weight excluding hydrogens is 400 g/mol. The van der Waals surface area contributed by atoms with Crippen LogP contribution in [0, 0.1) is 11.6 Å². The summed E-state index contributed by atoms with van der Waals surface area (Å²) in [5.74, 6) is -1.81. The van der Waals surface area contributed by atoms with E-state index in [1.54, 1.807) is 4.90 Å². The highest BCUT2D eigenvalue weighted by molar-refractivity contribution is 7.89. The molecule has 0 N–H and O–H groups in total. The largest absolute Gasteiger partial charge is 0.311 e. The van der Waals surface area contributed by atoms with Crippen LogP contribution in [0.4, 0.5) is 14.5 Å². The third kappa shape index (κ3) is 3.90. The van der Waals surface area contributed by atoms with Crippen molar-refractivity contribution in [2.45, 2.75) is 11.3 Å². The summed E-state index contributed by atoms with van der Waals surface area (Å²) in [4.78, 5) is 15.7. The van der Waals surface area contributed by atoms with Gasteiger partial charge in [-0.25, -0.2) is 17.2 Å². The van der Waals surface area contributed by atoms with Crippen molar-refractivity contribution in [1.82, 2.24) is 9.21 Å². The van der Waals surface area contributed by atoms with E-state index in [0.717, 1.165) is 34.1 Å². The van der Waals surface area contributed by atoms with Crippen LogP contribution in [0.1, 0.15) is 5.56 Å². The highest BCUT2D eigenvalue weighted by atomic mass is 32.2. The van der Waals surface area contributed by atoms with E-state index in [1.807, 2.05) is 29.2 Å². The number of para-hydroxylation sites is 1. The molecule has 1 amide bonds. The Kier molecular flexibility index (Phi) is 5.37. The fraction of sp³-hybridized carbons (Fsp3) is 0.350. The molecule has 154 valence electrons. The minimum atomic E-state index is -4.13. The molecule has 0 bridgehead atoms. The predicted molar refractivity (Wildman–Crippen MR) is 104 cm³/mol. The predicted octanol–water partition coefficient (Wildman–Crippen LogP) is 1.86. The van der Waals surface area contributed by atoms with E-state index in [9.17, 15) is 22.0 Å². The standard InChI is InChI=1S/C20H21F2N3O3S/c21-16-5-6-17(22)19(13-16)29(27,28)24-11-9-23(10-12-24)14-20(26)25-8-7-15-3-1-2-4-18(15)25/h1-6,13H,7-12,14H2. The van der Waals surface area contributed by atoms with Crippen LogP contribution in [-0.2, 0) is 21.2 Å². The first-order chi connectivity index (χ1) is 13.9. The number of carbonyl (C=O) groups is 1. The Balaban J connectivity index is 1.39. The van der Waals surface area contributed by atoms with Gasteiger partial charge in [0.15, 0.2) is 0 Å². The topological polar surface area (TPSA) is 60.9 Å². The maximum atomic E-state index is 13.9. The Bertz CT molecular complexity index is 1040. The van der Waals surface area contributed by atoms with Crippen molar-refractivity contribution in [3.8, 4) is 0 Å². The number of benzene rings is 2. The molecule has 9 heteroatoms. The van der Waals surface area contributed by atoms with Crippen LogP contribution >= 0.6 is 0 Å². The maximum Gasteiger partial charge on any atom is 0.246 e. The van der Waals surface area contributed by atoms with Crippen molar-refractivity contribution >= 4 is 21.6 Å². The number of carbonyl (C=O) groups excluding carboxylic acids is 1.